The number of hydrogen-bond acceptors (Lipinski definition) is 3. The molecule has 0 aliphatic rings. The second-order valence-electron chi connectivity index (χ2n) is 2.74. The van der Waals surface area contributed by atoms with Crippen LogP contribution >= 0.6 is 0 Å². The first-order valence-electron chi connectivity index (χ1n) is 3.80. The molecule has 5 nitrogen and oxygen atoms in total. The standard InChI is InChI=1S/C8H11N3O2/c1-6-2-3-11(8(13)4-6)5-7(12)10-9/h2-4H,5,9H2,1H3,(H,10,12). The Balaban J connectivity index is 2.90. The summed E-state index contributed by atoms with van der Waals surface area (Å²) in [5.41, 5.74) is 2.62. The van der Waals surface area contributed by atoms with Crippen molar-refractivity contribution in [3.05, 3.63) is 34.2 Å². The summed E-state index contributed by atoms with van der Waals surface area (Å²) < 4.78 is 1.29. The quantitative estimate of drug-likeness (QED) is 0.354. The minimum Gasteiger partial charge on any atom is -0.306 e. The smallest absolute Gasteiger partial charge is 0.253 e. The summed E-state index contributed by atoms with van der Waals surface area (Å²) >= 11 is 0. The largest absolute Gasteiger partial charge is 0.306 e. The number of hydrogen-bond donors (Lipinski definition) is 2. The zero-order chi connectivity index (χ0) is 9.84. The van der Waals surface area contributed by atoms with E-state index in [1.807, 2.05) is 12.3 Å². The molecule has 1 aromatic rings. The van der Waals surface area contributed by atoms with Crippen LogP contribution in [-0.4, -0.2) is 10.5 Å². The van der Waals surface area contributed by atoms with Gasteiger partial charge in [0.1, 0.15) is 6.54 Å². The minimum atomic E-state index is -0.397. The molecule has 0 unspecified atom stereocenters. The molecule has 0 aromatic carbocycles. The van der Waals surface area contributed by atoms with Gasteiger partial charge in [0.25, 0.3) is 11.5 Å². The van der Waals surface area contributed by atoms with Crippen LogP contribution in [0.25, 0.3) is 0 Å². The molecule has 3 N–H and O–H groups in total. The molecule has 5 heteroatoms. The number of carbonyl (C=O) groups is 1. The maximum Gasteiger partial charge on any atom is 0.253 e. The van der Waals surface area contributed by atoms with E-state index in [1.54, 1.807) is 12.3 Å². The number of rotatable bonds is 2. The van der Waals surface area contributed by atoms with Crippen LogP contribution in [0.5, 0.6) is 0 Å². The average Bonchev–Trinajstić information content (AvgIpc) is 2.09. The third-order valence-electron chi connectivity index (χ3n) is 1.63. The van der Waals surface area contributed by atoms with Gasteiger partial charge in [-0.1, -0.05) is 0 Å². The summed E-state index contributed by atoms with van der Waals surface area (Å²) in [6.45, 7) is 1.77. The normalized spacial score (nSPS) is 9.69. The van der Waals surface area contributed by atoms with Gasteiger partial charge in [0.15, 0.2) is 0 Å². The molecule has 0 saturated carbocycles. The lowest BCUT2D eigenvalue weighted by atomic mass is 10.3. The number of nitrogens with two attached hydrogens (primary N) is 1. The molecule has 0 fully saturated rings. The fourth-order valence-corrected chi connectivity index (χ4v) is 0.938. The number of aryl methyl sites for hydroxylation is 1. The number of carbonyl (C=O) groups excluding carboxylic acids is 1. The lowest BCUT2D eigenvalue weighted by Crippen LogP contribution is -2.35. The Morgan fingerprint density at radius 1 is 1.69 bits per heavy atom. The van der Waals surface area contributed by atoms with Crippen LogP contribution in [0, 0.1) is 6.92 Å². The lowest BCUT2D eigenvalue weighted by Gasteiger charge is -2.03. The third-order valence-corrected chi connectivity index (χ3v) is 1.63. The van der Waals surface area contributed by atoms with Gasteiger partial charge in [-0.15, -0.1) is 0 Å². The number of amides is 1. The van der Waals surface area contributed by atoms with Crippen LogP contribution in [0.1, 0.15) is 5.56 Å². The van der Waals surface area contributed by atoms with E-state index in [2.05, 4.69) is 0 Å². The van der Waals surface area contributed by atoms with Crippen molar-refractivity contribution in [2.75, 3.05) is 0 Å². The molecule has 0 aliphatic heterocycles. The Kier molecular flexibility index (Phi) is 2.81. The average molecular weight is 181 g/mol. The monoisotopic (exact) mass is 181 g/mol. The predicted octanol–water partition coefficient (Wildman–Crippen LogP) is -0.853. The van der Waals surface area contributed by atoms with E-state index in [1.165, 1.54) is 10.6 Å². The molecule has 0 spiro atoms. The highest BCUT2D eigenvalue weighted by Gasteiger charge is 2.01. The van der Waals surface area contributed by atoms with Crippen molar-refractivity contribution >= 4 is 5.91 Å². The Morgan fingerprint density at radius 2 is 2.38 bits per heavy atom. The second-order valence-corrected chi connectivity index (χ2v) is 2.74. The van der Waals surface area contributed by atoms with Crippen molar-refractivity contribution in [1.29, 1.82) is 0 Å². The first kappa shape index (κ1) is 9.47. The topological polar surface area (TPSA) is 77.1 Å². The van der Waals surface area contributed by atoms with E-state index in [0.29, 0.717) is 0 Å². The molecule has 0 atom stereocenters. The summed E-state index contributed by atoms with van der Waals surface area (Å²) in [6, 6.07) is 3.22. The molecular formula is C8H11N3O2. The van der Waals surface area contributed by atoms with E-state index in [9.17, 15) is 9.59 Å². The van der Waals surface area contributed by atoms with Gasteiger partial charge in [-0.2, -0.15) is 0 Å². The van der Waals surface area contributed by atoms with Gasteiger partial charge >= 0.3 is 0 Å². The zero-order valence-corrected chi connectivity index (χ0v) is 7.28. The SMILES string of the molecule is Cc1ccn(CC(=O)NN)c(=O)c1. The molecule has 0 radical (unpaired) electrons. The van der Waals surface area contributed by atoms with Crippen molar-refractivity contribution in [2.45, 2.75) is 13.5 Å². The molecule has 1 heterocycles. The van der Waals surface area contributed by atoms with Crippen LogP contribution in [0.3, 0.4) is 0 Å². The van der Waals surface area contributed by atoms with Crippen molar-refractivity contribution in [3.8, 4) is 0 Å². The van der Waals surface area contributed by atoms with Crippen molar-refractivity contribution < 1.29 is 4.79 Å². The molecule has 0 aliphatic carbocycles. The van der Waals surface area contributed by atoms with Crippen LogP contribution in [-0.2, 0) is 11.3 Å². The maximum atomic E-state index is 11.2. The van der Waals surface area contributed by atoms with Crippen LogP contribution < -0.4 is 16.8 Å². The number of hydrazine groups is 1. The number of nitrogens with zero attached hydrogens (tertiary/aromatic N) is 1. The van der Waals surface area contributed by atoms with E-state index < -0.39 is 5.91 Å². The Hall–Kier alpha value is -1.62. The highest BCUT2D eigenvalue weighted by molar-refractivity contribution is 5.74. The number of pyridine rings is 1. The molecule has 1 rings (SSSR count). The van der Waals surface area contributed by atoms with E-state index in [-0.39, 0.29) is 12.1 Å². The van der Waals surface area contributed by atoms with E-state index >= 15 is 0 Å². The van der Waals surface area contributed by atoms with Crippen molar-refractivity contribution in [3.63, 3.8) is 0 Å². The van der Waals surface area contributed by atoms with Gasteiger partial charge in [0, 0.05) is 12.3 Å². The highest BCUT2D eigenvalue weighted by atomic mass is 16.2. The molecule has 1 amide bonds. The maximum absolute atomic E-state index is 11.2. The minimum absolute atomic E-state index is 0.0460. The van der Waals surface area contributed by atoms with Gasteiger partial charge in [0.05, 0.1) is 0 Å². The molecule has 0 saturated heterocycles. The van der Waals surface area contributed by atoms with E-state index in [4.69, 9.17) is 5.84 Å². The van der Waals surface area contributed by atoms with Gasteiger partial charge < -0.3 is 4.57 Å². The number of aromatic nitrogens is 1. The molecule has 70 valence electrons. The lowest BCUT2D eigenvalue weighted by molar-refractivity contribution is -0.121. The molecule has 13 heavy (non-hydrogen) atoms. The van der Waals surface area contributed by atoms with Gasteiger partial charge in [-0.3, -0.25) is 15.0 Å². The van der Waals surface area contributed by atoms with Crippen LogP contribution in [0.2, 0.25) is 0 Å². The summed E-state index contributed by atoms with van der Waals surface area (Å²) in [7, 11) is 0. The fraction of sp³-hybridized carbons (Fsp3) is 0.250. The summed E-state index contributed by atoms with van der Waals surface area (Å²) in [5, 5.41) is 0. The highest BCUT2D eigenvalue weighted by Crippen LogP contribution is 1.90. The Bertz CT molecular complexity index is 370. The first-order chi connectivity index (χ1) is 6.13. The van der Waals surface area contributed by atoms with E-state index in [0.717, 1.165) is 5.56 Å². The summed E-state index contributed by atoms with van der Waals surface area (Å²) in [4.78, 5) is 22.1. The fourth-order valence-electron chi connectivity index (χ4n) is 0.938. The third kappa shape index (κ3) is 2.41. The molecular weight excluding hydrogens is 170 g/mol. The van der Waals surface area contributed by atoms with Crippen LogP contribution in [0.4, 0.5) is 0 Å². The van der Waals surface area contributed by atoms with Crippen molar-refractivity contribution in [1.82, 2.24) is 9.99 Å². The zero-order valence-electron chi connectivity index (χ0n) is 7.28. The van der Waals surface area contributed by atoms with Crippen molar-refractivity contribution in [2.24, 2.45) is 5.84 Å². The van der Waals surface area contributed by atoms with Gasteiger partial charge in [-0.25, -0.2) is 5.84 Å². The predicted molar refractivity (Wildman–Crippen MR) is 47.8 cm³/mol. The molecule has 1 aromatic heterocycles. The number of nitrogens with one attached hydrogen (secondary N) is 1. The summed E-state index contributed by atoms with van der Waals surface area (Å²) in [5.74, 6) is 4.49. The Morgan fingerprint density at radius 3 is 2.92 bits per heavy atom. The van der Waals surface area contributed by atoms with Gasteiger partial charge in [0.2, 0.25) is 0 Å². The second kappa shape index (κ2) is 3.86. The van der Waals surface area contributed by atoms with Gasteiger partial charge in [-0.05, 0) is 18.6 Å². The Labute approximate surface area is 75.1 Å². The van der Waals surface area contributed by atoms with Crippen LogP contribution in [0.15, 0.2) is 23.1 Å². The molecule has 0 bridgehead atoms. The first-order valence-corrected chi connectivity index (χ1v) is 3.80. The summed E-state index contributed by atoms with van der Waals surface area (Å²) in [6.07, 6.45) is 1.56.